The van der Waals surface area contributed by atoms with Gasteiger partial charge in [0.25, 0.3) is 0 Å². The molecule has 0 bridgehead atoms. The fraction of sp³-hybridized carbons (Fsp3) is 0.650. The molecule has 3 rings (SSSR count). The van der Waals surface area contributed by atoms with E-state index in [0.29, 0.717) is 6.10 Å². The van der Waals surface area contributed by atoms with E-state index in [2.05, 4.69) is 12.1 Å². The second-order valence-corrected chi connectivity index (χ2v) is 8.55. The van der Waals surface area contributed by atoms with Crippen molar-refractivity contribution >= 4 is 17.7 Å². The first-order chi connectivity index (χ1) is 11.7. The zero-order valence-corrected chi connectivity index (χ0v) is 15.4. The molecule has 3 nitrogen and oxygen atoms in total. The molecule has 0 N–H and O–H groups in total. The lowest BCUT2D eigenvalue weighted by molar-refractivity contribution is -0.142. The number of rotatable bonds is 10. The van der Waals surface area contributed by atoms with Crippen LogP contribution in [0.2, 0.25) is 0 Å². The molecule has 2 aliphatic heterocycles. The van der Waals surface area contributed by atoms with E-state index in [0.717, 1.165) is 30.8 Å². The summed E-state index contributed by atoms with van der Waals surface area (Å²) >= 11 is 1.70. The van der Waals surface area contributed by atoms with Crippen molar-refractivity contribution in [1.82, 2.24) is 0 Å². The zero-order chi connectivity index (χ0) is 16.8. The number of hydrogen-bond acceptors (Lipinski definition) is 4. The summed E-state index contributed by atoms with van der Waals surface area (Å²) < 4.78 is 10.4. The highest BCUT2D eigenvalue weighted by atomic mass is 32.2. The van der Waals surface area contributed by atoms with Crippen LogP contribution in [0.3, 0.4) is 0 Å². The fourth-order valence-electron chi connectivity index (χ4n) is 3.48. The zero-order valence-electron chi connectivity index (χ0n) is 14.5. The summed E-state index contributed by atoms with van der Waals surface area (Å²) in [6.07, 6.45) is 9.66. The highest BCUT2D eigenvalue weighted by Gasteiger charge is 2.48. The summed E-state index contributed by atoms with van der Waals surface area (Å²) in [5.74, 6) is -0.0188. The Labute approximate surface area is 149 Å². The molecule has 0 amide bonds. The van der Waals surface area contributed by atoms with Gasteiger partial charge in [-0.3, -0.25) is 4.79 Å². The van der Waals surface area contributed by atoms with Crippen LogP contribution >= 0.6 is 11.8 Å². The Morgan fingerprint density at radius 3 is 2.50 bits per heavy atom. The lowest BCUT2D eigenvalue weighted by Crippen LogP contribution is -2.30. The van der Waals surface area contributed by atoms with Crippen molar-refractivity contribution in [3.05, 3.63) is 30.3 Å². The predicted octanol–water partition coefficient (Wildman–Crippen LogP) is 4.98. The van der Waals surface area contributed by atoms with E-state index in [-0.39, 0.29) is 16.8 Å². The number of carbonyl (C=O) groups is 1. The Morgan fingerprint density at radius 2 is 1.83 bits per heavy atom. The highest BCUT2D eigenvalue weighted by molar-refractivity contribution is 8.01. The maximum absolute atomic E-state index is 12.5. The van der Waals surface area contributed by atoms with Gasteiger partial charge < -0.3 is 9.47 Å². The maximum atomic E-state index is 12.5. The number of benzene rings is 1. The average Bonchev–Trinajstić information content (AvgIpc) is 3.34. The summed E-state index contributed by atoms with van der Waals surface area (Å²) in [5.41, 5.74) is 0. The van der Waals surface area contributed by atoms with E-state index in [4.69, 9.17) is 9.47 Å². The van der Waals surface area contributed by atoms with Crippen LogP contribution in [0.25, 0.3) is 0 Å². The quantitative estimate of drug-likeness (QED) is 0.339. The smallest absolute Gasteiger partial charge is 0.322 e. The highest BCUT2D eigenvalue weighted by Crippen LogP contribution is 2.45. The summed E-state index contributed by atoms with van der Waals surface area (Å²) in [6.45, 7) is 2.98. The van der Waals surface area contributed by atoms with Gasteiger partial charge in [0.1, 0.15) is 10.9 Å². The molecule has 132 valence electrons. The Balaban J connectivity index is 1.46. The van der Waals surface area contributed by atoms with Gasteiger partial charge in [0.05, 0.1) is 12.7 Å². The molecule has 2 aliphatic rings. The molecular weight excluding hydrogens is 320 g/mol. The van der Waals surface area contributed by atoms with Gasteiger partial charge in [-0.15, -0.1) is 11.8 Å². The van der Waals surface area contributed by atoms with E-state index in [1.807, 2.05) is 25.1 Å². The van der Waals surface area contributed by atoms with Crippen LogP contribution in [0.15, 0.2) is 35.2 Å². The van der Waals surface area contributed by atoms with Gasteiger partial charge in [0, 0.05) is 11.3 Å². The summed E-state index contributed by atoms with van der Waals surface area (Å²) in [4.78, 5) is 13.7. The Bertz CT molecular complexity index is 529. The Morgan fingerprint density at radius 1 is 1.12 bits per heavy atom. The standard InChI is InChI=1S/C20H28O3S/c1-16-14-20(19(21)23-16,24-18-11-7-5-8-12-18)13-9-4-2-3-6-10-17-15-22-17/h5,7-8,11-12,16-17H,2-4,6,9-10,13-15H2,1H3/t16-,17+,20+/m0/s1. The maximum Gasteiger partial charge on any atom is 0.322 e. The van der Waals surface area contributed by atoms with E-state index in [1.54, 1.807) is 11.8 Å². The molecular formula is C20H28O3S. The Hall–Kier alpha value is -1.00. The van der Waals surface area contributed by atoms with Crippen LogP contribution < -0.4 is 0 Å². The molecule has 0 unspecified atom stereocenters. The molecule has 2 saturated heterocycles. The van der Waals surface area contributed by atoms with Crippen molar-refractivity contribution in [2.75, 3.05) is 6.61 Å². The topological polar surface area (TPSA) is 38.8 Å². The van der Waals surface area contributed by atoms with Crippen LogP contribution in [-0.2, 0) is 14.3 Å². The van der Waals surface area contributed by atoms with E-state index in [1.165, 1.54) is 32.1 Å². The number of ether oxygens (including phenoxy) is 2. The lowest BCUT2D eigenvalue weighted by Gasteiger charge is -2.24. The molecule has 0 radical (unpaired) electrons. The SMILES string of the molecule is C[C@H]1C[C@@](CCCCCCC[C@@H]2CO2)(Sc2ccccc2)C(=O)O1. The van der Waals surface area contributed by atoms with E-state index < -0.39 is 0 Å². The second-order valence-electron chi connectivity index (χ2n) is 7.09. The molecule has 0 aromatic heterocycles. The van der Waals surface area contributed by atoms with Gasteiger partial charge in [-0.05, 0) is 31.9 Å². The van der Waals surface area contributed by atoms with Gasteiger partial charge in [-0.1, -0.05) is 50.3 Å². The number of esters is 1. The third-order valence-electron chi connectivity index (χ3n) is 4.86. The summed E-state index contributed by atoms with van der Waals surface area (Å²) in [6, 6.07) is 10.2. The molecule has 4 heteroatoms. The van der Waals surface area contributed by atoms with Crippen LogP contribution in [0, 0.1) is 0 Å². The summed E-state index contributed by atoms with van der Waals surface area (Å²) in [5, 5.41) is 0. The van der Waals surface area contributed by atoms with Crippen LogP contribution in [0.5, 0.6) is 0 Å². The minimum Gasteiger partial charge on any atom is -0.462 e. The first-order valence-electron chi connectivity index (χ1n) is 9.25. The van der Waals surface area contributed by atoms with Gasteiger partial charge in [-0.25, -0.2) is 0 Å². The third-order valence-corrected chi connectivity index (χ3v) is 6.30. The molecule has 0 aliphatic carbocycles. The van der Waals surface area contributed by atoms with Crippen LogP contribution in [0.1, 0.15) is 58.3 Å². The molecule has 1 aromatic carbocycles. The number of thioether (sulfide) groups is 1. The number of epoxide rings is 1. The van der Waals surface area contributed by atoms with Crippen molar-refractivity contribution < 1.29 is 14.3 Å². The molecule has 3 atom stereocenters. The summed E-state index contributed by atoms with van der Waals surface area (Å²) in [7, 11) is 0. The van der Waals surface area contributed by atoms with Crippen LogP contribution in [0.4, 0.5) is 0 Å². The van der Waals surface area contributed by atoms with Gasteiger partial charge >= 0.3 is 5.97 Å². The minimum absolute atomic E-state index is 0.0188. The fourth-order valence-corrected chi connectivity index (χ4v) is 4.92. The normalized spacial score (nSPS) is 28.8. The van der Waals surface area contributed by atoms with Crippen molar-refractivity contribution in [2.45, 2.75) is 80.1 Å². The molecule has 2 fully saturated rings. The van der Waals surface area contributed by atoms with Crippen molar-refractivity contribution in [1.29, 1.82) is 0 Å². The van der Waals surface area contributed by atoms with E-state index in [9.17, 15) is 4.79 Å². The van der Waals surface area contributed by atoms with Gasteiger partial charge in [0.2, 0.25) is 0 Å². The minimum atomic E-state index is -0.386. The van der Waals surface area contributed by atoms with Crippen molar-refractivity contribution in [3.8, 4) is 0 Å². The lowest BCUT2D eigenvalue weighted by atomic mass is 9.96. The van der Waals surface area contributed by atoms with Crippen molar-refractivity contribution in [2.24, 2.45) is 0 Å². The number of hydrogen-bond donors (Lipinski definition) is 0. The van der Waals surface area contributed by atoms with Gasteiger partial charge in [-0.2, -0.15) is 0 Å². The first-order valence-corrected chi connectivity index (χ1v) is 10.1. The molecule has 2 heterocycles. The molecule has 0 saturated carbocycles. The van der Waals surface area contributed by atoms with Crippen LogP contribution in [-0.4, -0.2) is 29.5 Å². The molecule has 1 aromatic rings. The molecule has 0 spiro atoms. The number of cyclic esters (lactones) is 1. The third kappa shape index (κ3) is 5.00. The first kappa shape index (κ1) is 17.8. The largest absolute Gasteiger partial charge is 0.462 e. The second kappa shape index (κ2) is 8.39. The van der Waals surface area contributed by atoms with E-state index >= 15 is 0 Å². The number of carbonyl (C=O) groups excluding carboxylic acids is 1. The Kier molecular flexibility index (Phi) is 6.23. The predicted molar refractivity (Wildman–Crippen MR) is 97.3 cm³/mol. The molecule has 24 heavy (non-hydrogen) atoms. The monoisotopic (exact) mass is 348 g/mol. The average molecular weight is 349 g/mol. The number of unbranched alkanes of at least 4 members (excludes halogenated alkanes) is 4. The van der Waals surface area contributed by atoms with Gasteiger partial charge in [0.15, 0.2) is 0 Å². The van der Waals surface area contributed by atoms with Crippen molar-refractivity contribution in [3.63, 3.8) is 0 Å².